The van der Waals surface area contributed by atoms with Gasteiger partial charge < -0.3 is 40.9 Å². The first kappa shape index (κ1) is 14.7. The Morgan fingerprint density at radius 3 is 0.941 bits per heavy atom. The zero-order valence-corrected chi connectivity index (χ0v) is 8.90. The van der Waals surface area contributed by atoms with Crippen molar-refractivity contribution in [2.45, 2.75) is 42.7 Å². The van der Waals surface area contributed by atoms with Gasteiger partial charge in [-0.05, 0) is 0 Å². The predicted octanol–water partition coefficient (Wildman–Crippen LogP) is -4.87. The van der Waals surface area contributed by atoms with E-state index in [4.69, 9.17) is 5.11 Å². The van der Waals surface area contributed by atoms with Gasteiger partial charge in [0.05, 0.1) is 18.8 Å². The molecular weight excluding hydrogens is 236 g/mol. The van der Waals surface area contributed by atoms with Crippen LogP contribution in [0.1, 0.15) is 0 Å². The summed E-state index contributed by atoms with van der Waals surface area (Å²) in [4.78, 5) is 0. The molecule has 0 aromatic carbocycles. The fourth-order valence-electron chi connectivity index (χ4n) is 1.93. The molecule has 8 heteroatoms. The number of aliphatic hydroxyl groups is 8. The van der Waals surface area contributed by atoms with Crippen LogP contribution in [0.3, 0.4) is 0 Å². The molecule has 8 nitrogen and oxygen atoms in total. The molecule has 0 bridgehead atoms. The van der Waals surface area contributed by atoms with Gasteiger partial charge in [-0.2, -0.15) is 0 Å². The van der Waals surface area contributed by atoms with Crippen LogP contribution in [0.4, 0.5) is 0 Å². The summed E-state index contributed by atoms with van der Waals surface area (Å²) in [5.41, 5.74) is 0. The van der Waals surface area contributed by atoms with Crippen molar-refractivity contribution in [2.24, 2.45) is 5.92 Å². The largest absolute Gasteiger partial charge is 0.396 e. The molecule has 1 fully saturated rings. The maximum absolute atomic E-state index is 9.57. The van der Waals surface area contributed by atoms with Crippen molar-refractivity contribution in [3.05, 3.63) is 0 Å². The summed E-state index contributed by atoms with van der Waals surface area (Å²) in [6.45, 7) is -0.772. The second-order valence-corrected chi connectivity index (χ2v) is 4.28. The van der Waals surface area contributed by atoms with Crippen LogP contribution in [-0.4, -0.2) is 90.2 Å². The Kier molecular flexibility index (Phi) is 4.81. The van der Waals surface area contributed by atoms with E-state index in [2.05, 4.69) is 0 Å². The molecule has 1 aliphatic carbocycles. The SMILES string of the molecule is OCC1[C@H](O)[C@H](O)[C@@H](O)C(O)[C@@H](O)[C@@H](O)[C@H]1O. The second-order valence-electron chi connectivity index (χ2n) is 4.28. The van der Waals surface area contributed by atoms with E-state index in [9.17, 15) is 35.7 Å². The average Bonchev–Trinajstić information content (AvgIpc) is 2.33. The van der Waals surface area contributed by atoms with Crippen LogP contribution in [0.15, 0.2) is 0 Å². The van der Waals surface area contributed by atoms with Crippen LogP contribution in [0.5, 0.6) is 0 Å². The number of rotatable bonds is 1. The summed E-state index contributed by atoms with van der Waals surface area (Å²) in [5, 5.41) is 75.2. The lowest BCUT2D eigenvalue weighted by molar-refractivity contribution is -0.213. The minimum Gasteiger partial charge on any atom is -0.396 e. The van der Waals surface area contributed by atoms with Gasteiger partial charge >= 0.3 is 0 Å². The molecular formula is C9H18O8. The Morgan fingerprint density at radius 2 is 0.706 bits per heavy atom. The highest BCUT2D eigenvalue weighted by atomic mass is 16.4. The molecule has 102 valence electrons. The molecule has 0 radical (unpaired) electrons. The molecule has 0 heterocycles. The molecule has 17 heavy (non-hydrogen) atoms. The molecule has 0 aromatic rings. The zero-order chi connectivity index (χ0) is 13.3. The van der Waals surface area contributed by atoms with Gasteiger partial charge in [-0.15, -0.1) is 0 Å². The third kappa shape index (κ3) is 2.59. The molecule has 0 amide bonds. The van der Waals surface area contributed by atoms with E-state index in [1.54, 1.807) is 0 Å². The Hall–Kier alpha value is -0.320. The van der Waals surface area contributed by atoms with Gasteiger partial charge in [0.2, 0.25) is 0 Å². The van der Waals surface area contributed by atoms with Crippen LogP contribution in [0, 0.1) is 5.92 Å². The summed E-state index contributed by atoms with van der Waals surface area (Å²) in [7, 11) is 0. The molecule has 1 aliphatic rings. The topological polar surface area (TPSA) is 162 Å². The van der Waals surface area contributed by atoms with E-state index >= 15 is 0 Å². The zero-order valence-electron chi connectivity index (χ0n) is 8.90. The van der Waals surface area contributed by atoms with Gasteiger partial charge in [-0.1, -0.05) is 0 Å². The first-order valence-corrected chi connectivity index (χ1v) is 5.20. The molecule has 8 atom stereocenters. The lowest BCUT2D eigenvalue weighted by atomic mass is 9.80. The first-order chi connectivity index (χ1) is 7.82. The molecule has 0 aromatic heterocycles. The summed E-state index contributed by atoms with van der Waals surface area (Å²) >= 11 is 0. The van der Waals surface area contributed by atoms with Crippen molar-refractivity contribution in [3.63, 3.8) is 0 Å². The number of aliphatic hydroxyl groups excluding tert-OH is 8. The third-order valence-corrected chi connectivity index (χ3v) is 3.19. The van der Waals surface area contributed by atoms with E-state index in [-0.39, 0.29) is 0 Å². The normalized spacial score (nSPS) is 52.9. The van der Waals surface area contributed by atoms with Crippen LogP contribution in [0.25, 0.3) is 0 Å². The van der Waals surface area contributed by atoms with Gasteiger partial charge in [0.1, 0.15) is 30.5 Å². The van der Waals surface area contributed by atoms with Crippen LogP contribution >= 0.6 is 0 Å². The monoisotopic (exact) mass is 254 g/mol. The van der Waals surface area contributed by atoms with Crippen molar-refractivity contribution in [2.75, 3.05) is 6.61 Å². The molecule has 1 rings (SSSR count). The Bertz CT molecular complexity index is 227. The average molecular weight is 254 g/mol. The highest BCUT2D eigenvalue weighted by Crippen LogP contribution is 2.25. The fraction of sp³-hybridized carbons (Fsp3) is 1.00. The van der Waals surface area contributed by atoms with Crippen LogP contribution in [-0.2, 0) is 0 Å². The van der Waals surface area contributed by atoms with E-state index < -0.39 is 55.3 Å². The molecule has 0 saturated heterocycles. The van der Waals surface area contributed by atoms with Gasteiger partial charge in [0.15, 0.2) is 0 Å². The van der Waals surface area contributed by atoms with Crippen molar-refractivity contribution < 1.29 is 40.9 Å². The number of hydrogen-bond acceptors (Lipinski definition) is 8. The van der Waals surface area contributed by atoms with Crippen molar-refractivity contribution >= 4 is 0 Å². The Labute approximate surface area is 97.0 Å². The summed E-state index contributed by atoms with van der Waals surface area (Å²) in [6.07, 6.45) is -13.0. The quantitative estimate of drug-likeness (QED) is 0.231. The van der Waals surface area contributed by atoms with Crippen molar-refractivity contribution in [1.82, 2.24) is 0 Å². The van der Waals surface area contributed by atoms with Gasteiger partial charge in [-0.25, -0.2) is 0 Å². The number of hydrogen-bond donors (Lipinski definition) is 8. The van der Waals surface area contributed by atoms with Crippen LogP contribution in [0.2, 0.25) is 0 Å². The lowest BCUT2D eigenvalue weighted by Gasteiger charge is -2.40. The molecule has 0 spiro atoms. The van der Waals surface area contributed by atoms with Gasteiger partial charge in [0.25, 0.3) is 0 Å². The summed E-state index contributed by atoms with van der Waals surface area (Å²) in [5.74, 6) is -1.35. The van der Waals surface area contributed by atoms with Gasteiger partial charge in [0, 0.05) is 5.92 Å². The van der Waals surface area contributed by atoms with Crippen molar-refractivity contribution in [1.29, 1.82) is 0 Å². The van der Waals surface area contributed by atoms with Gasteiger partial charge in [-0.3, -0.25) is 0 Å². The predicted molar refractivity (Wildman–Crippen MR) is 52.6 cm³/mol. The van der Waals surface area contributed by atoms with Crippen LogP contribution < -0.4 is 0 Å². The Morgan fingerprint density at radius 1 is 0.471 bits per heavy atom. The molecule has 2 unspecified atom stereocenters. The van der Waals surface area contributed by atoms with E-state index in [1.165, 1.54) is 0 Å². The highest BCUT2D eigenvalue weighted by Gasteiger charge is 2.47. The Balaban J connectivity index is 3.02. The minimum absolute atomic E-state index is 0.772. The second kappa shape index (κ2) is 5.55. The molecule has 1 saturated carbocycles. The summed E-state index contributed by atoms with van der Waals surface area (Å²) in [6, 6.07) is 0. The fourth-order valence-corrected chi connectivity index (χ4v) is 1.93. The lowest BCUT2D eigenvalue weighted by Crippen LogP contribution is -2.62. The minimum atomic E-state index is -1.93. The third-order valence-electron chi connectivity index (χ3n) is 3.19. The summed E-state index contributed by atoms with van der Waals surface area (Å²) < 4.78 is 0. The highest BCUT2D eigenvalue weighted by molar-refractivity contribution is 4.98. The first-order valence-electron chi connectivity index (χ1n) is 5.20. The van der Waals surface area contributed by atoms with E-state index in [1.807, 2.05) is 0 Å². The molecule has 0 aliphatic heterocycles. The standard InChI is InChI=1S/C9H18O8/c10-1-2-3(11)5(13)7(15)9(17)8(16)6(14)4(2)12/h2-17H,1H2/t2?,3-,4-,5-,6-,7-,8+,9?/m0/s1. The maximum Gasteiger partial charge on any atom is 0.111 e. The smallest absolute Gasteiger partial charge is 0.111 e. The van der Waals surface area contributed by atoms with E-state index in [0.717, 1.165) is 0 Å². The van der Waals surface area contributed by atoms with Crippen molar-refractivity contribution in [3.8, 4) is 0 Å². The van der Waals surface area contributed by atoms with E-state index in [0.29, 0.717) is 0 Å². The molecule has 8 N–H and O–H groups in total. The maximum atomic E-state index is 9.57.